The van der Waals surface area contributed by atoms with E-state index in [0.717, 1.165) is 31.1 Å². The minimum absolute atomic E-state index is 0.808. The minimum atomic E-state index is 0.808. The first-order chi connectivity index (χ1) is 8.31. The Kier molecular flexibility index (Phi) is 2.85. The van der Waals surface area contributed by atoms with E-state index in [1.807, 2.05) is 0 Å². The molecule has 0 spiro atoms. The van der Waals surface area contributed by atoms with Gasteiger partial charge in [-0.2, -0.15) is 0 Å². The molecule has 90 valence electrons. The number of pyridine rings is 1. The van der Waals surface area contributed by atoms with Gasteiger partial charge in [-0.15, -0.1) is 0 Å². The fourth-order valence-electron chi connectivity index (χ4n) is 2.64. The van der Waals surface area contributed by atoms with Crippen LogP contribution in [0.2, 0.25) is 0 Å². The molecule has 2 aromatic heterocycles. The van der Waals surface area contributed by atoms with E-state index in [-0.39, 0.29) is 0 Å². The van der Waals surface area contributed by atoms with Gasteiger partial charge < -0.3 is 9.72 Å². The molecular weight excluding hydrogens is 210 g/mol. The quantitative estimate of drug-likeness (QED) is 0.855. The zero-order chi connectivity index (χ0) is 11.7. The number of hydrogen-bond donors (Lipinski definition) is 1. The Balaban J connectivity index is 1.80. The van der Waals surface area contributed by atoms with Gasteiger partial charge >= 0.3 is 0 Å². The van der Waals surface area contributed by atoms with Crippen molar-refractivity contribution in [1.82, 2.24) is 14.7 Å². The Bertz CT molecular complexity index is 509. The van der Waals surface area contributed by atoms with E-state index >= 15 is 0 Å². The van der Waals surface area contributed by atoms with Crippen molar-refractivity contribution in [1.29, 1.82) is 0 Å². The second-order valence-electron chi connectivity index (χ2n) is 5.10. The largest absolute Gasteiger partial charge is 0.317 e. The van der Waals surface area contributed by atoms with Crippen molar-refractivity contribution in [2.45, 2.75) is 26.2 Å². The average Bonchev–Trinajstić information content (AvgIpc) is 2.71. The fraction of sp³-hybridized carbons (Fsp3) is 0.500. The smallest absolute Gasteiger partial charge is 0.136 e. The maximum absolute atomic E-state index is 4.69. The second-order valence-corrected chi connectivity index (χ2v) is 5.10. The average molecular weight is 229 g/mol. The minimum Gasteiger partial charge on any atom is -0.317 e. The topological polar surface area (TPSA) is 29.3 Å². The van der Waals surface area contributed by atoms with Gasteiger partial charge in [0.2, 0.25) is 0 Å². The van der Waals surface area contributed by atoms with Crippen LogP contribution in [0.25, 0.3) is 5.65 Å². The summed E-state index contributed by atoms with van der Waals surface area (Å²) >= 11 is 0. The van der Waals surface area contributed by atoms with Crippen molar-refractivity contribution in [2.24, 2.45) is 5.92 Å². The number of aryl methyl sites for hydroxylation is 1. The standard InChI is InChI=1S/C14H19N3/c1-11-2-3-14-16-13(10-17(14)9-11)8-12-4-6-15-7-5-12/h2-3,9-10,12,15H,4-8H2,1H3. The molecule has 0 amide bonds. The third-order valence-electron chi connectivity index (χ3n) is 3.61. The van der Waals surface area contributed by atoms with E-state index in [1.165, 1.54) is 24.1 Å². The maximum Gasteiger partial charge on any atom is 0.136 e. The van der Waals surface area contributed by atoms with E-state index in [1.54, 1.807) is 0 Å². The van der Waals surface area contributed by atoms with Gasteiger partial charge in [-0.3, -0.25) is 0 Å². The van der Waals surface area contributed by atoms with Crippen LogP contribution in [0.5, 0.6) is 0 Å². The Hall–Kier alpha value is -1.35. The second kappa shape index (κ2) is 4.49. The highest BCUT2D eigenvalue weighted by atomic mass is 15.0. The van der Waals surface area contributed by atoms with Gasteiger partial charge in [0, 0.05) is 12.4 Å². The van der Waals surface area contributed by atoms with Crippen LogP contribution >= 0.6 is 0 Å². The van der Waals surface area contributed by atoms with Gasteiger partial charge in [0.25, 0.3) is 0 Å². The van der Waals surface area contributed by atoms with E-state index in [4.69, 9.17) is 4.98 Å². The molecule has 0 radical (unpaired) electrons. The van der Waals surface area contributed by atoms with Gasteiger partial charge in [0.05, 0.1) is 5.69 Å². The number of imidazole rings is 1. The predicted octanol–water partition coefficient (Wildman–Crippen LogP) is 2.18. The van der Waals surface area contributed by atoms with Crippen LogP contribution in [0.15, 0.2) is 24.5 Å². The number of aromatic nitrogens is 2. The highest BCUT2D eigenvalue weighted by Crippen LogP contribution is 2.18. The summed E-state index contributed by atoms with van der Waals surface area (Å²) in [6.07, 6.45) is 8.03. The molecule has 1 N–H and O–H groups in total. The summed E-state index contributed by atoms with van der Waals surface area (Å²) in [5.74, 6) is 0.808. The van der Waals surface area contributed by atoms with Gasteiger partial charge in [-0.05, 0) is 56.8 Å². The monoisotopic (exact) mass is 229 g/mol. The van der Waals surface area contributed by atoms with E-state index in [9.17, 15) is 0 Å². The van der Waals surface area contributed by atoms with Gasteiger partial charge in [-0.25, -0.2) is 4.98 Å². The molecule has 0 unspecified atom stereocenters. The number of fused-ring (bicyclic) bond motifs is 1. The lowest BCUT2D eigenvalue weighted by Gasteiger charge is -2.21. The Morgan fingerprint density at radius 2 is 2.12 bits per heavy atom. The van der Waals surface area contributed by atoms with Gasteiger partial charge in [0.15, 0.2) is 0 Å². The molecule has 0 bridgehead atoms. The molecule has 1 aliphatic rings. The first-order valence-electron chi connectivity index (χ1n) is 6.46. The zero-order valence-electron chi connectivity index (χ0n) is 10.3. The number of nitrogens with one attached hydrogen (secondary N) is 1. The summed E-state index contributed by atoms with van der Waals surface area (Å²) in [6.45, 7) is 4.44. The van der Waals surface area contributed by atoms with Crippen LogP contribution < -0.4 is 5.32 Å². The lowest BCUT2D eigenvalue weighted by atomic mass is 9.93. The number of hydrogen-bond acceptors (Lipinski definition) is 2. The van der Waals surface area contributed by atoms with Crippen LogP contribution in [0.3, 0.4) is 0 Å². The van der Waals surface area contributed by atoms with E-state index in [0.29, 0.717) is 0 Å². The molecule has 0 aromatic carbocycles. The molecule has 3 heterocycles. The third kappa shape index (κ3) is 2.34. The van der Waals surface area contributed by atoms with Crippen molar-refractivity contribution in [2.75, 3.05) is 13.1 Å². The fourth-order valence-corrected chi connectivity index (χ4v) is 2.64. The number of piperidine rings is 1. The van der Waals surface area contributed by atoms with E-state index in [2.05, 4.69) is 41.2 Å². The zero-order valence-corrected chi connectivity index (χ0v) is 10.3. The maximum atomic E-state index is 4.69. The summed E-state index contributed by atoms with van der Waals surface area (Å²) in [5, 5.41) is 3.41. The first kappa shape index (κ1) is 10.8. The summed E-state index contributed by atoms with van der Waals surface area (Å²) in [4.78, 5) is 4.69. The van der Waals surface area contributed by atoms with Crippen molar-refractivity contribution in [3.8, 4) is 0 Å². The summed E-state index contributed by atoms with van der Waals surface area (Å²) in [7, 11) is 0. The van der Waals surface area contributed by atoms with Crippen LogP contribution in [-0.4, -0.2) is 22.5 Å². The molecule has 3 heteroatoms. The summed E-state index contributed by atoms with van der Waals surface area (Å²) in [5.41, 5.74) is 3.59. The number of rotatable bonds is 2. The molecule has 1 aliphatic heterocycles. The molecule has 2 aromatic rings. The molecular formula is C14H19N3. The van der Waals surface area contributed by atoms with Crippen molar-refractivity contribution in [3.05, 3.63) is 35.8 Å². The summed E-state index contributed by atoms with van der Waals surface area (Å²) < 4.78 is 2.14. The highest BCUT2D eigenvalue weighted by molar-refractivity contribution is 5.41. The lowest BCUT2D eigenvalue weighted by molar-refractivity contribution is 0.370. The highest BCUT2D eigenvalue weighted by Gasteiger charge is 2.15. The van der Waals surface area contributed by atoms with Crippen molar-refractivity contribution in [3.63, 3.8) is 0 Å². The molecule has 3 rings (SSSR count). The number of nitrogens with zero attached hydrogens (tertiary/aromatic N) is 2. The van der Waals surface area contributed by atoms with Crippen LogP contribution in [-0.2, 0) is 6.42 Å². The Labute approximate surface area is 102 Å². The van der Waals surface area contributed by atoms with Crippen LogP contribution in [0, 0.1) is 12.8 Å². The molecule has 17 heavy (non-hydrogen) atoms. The molecule has 0 aliphatic carbocycles. The molecule has 3 nitrogen and oxygen atoms in total. The van der Waals surface area contributed by atoms with Crippen LogP contribution in [0.1, 0.15) is 24.1 Å². The summed E-state index contributed by atoms with van der Waals surface area (Å²) in [6, 6.07) is 4.22. The third-order valence-corrected chi connectivity index (χ3v) is 3.61. The van der Waals surface area contributed by atoms with Crippen molar-refractivity contribution >= 4 is 5.65 Å². The molecule has 1 fully saturated rings. The normalized spacial score (nSPS) is 17.7. The predicted molar refractivity (Wildman–Crippen MR) is 69.2 cm³/mol. The lowest BCUT2D eigenvalue weighted by Crippen LogP contribution is -2.28. The Morgan fingerprint density at radius 1 is 1.29 bits per heavy atom. The first-order valence-corrected chi connectivity index (χ1v) is 6.46. The van der Waals surface area contributed by atoms with E-state index < -0.39 is 0 Å². The SMILES string of the molecule is Cc1ccc2nc(CC3CCNCC3)cn2c1. The molecule has 1 saturated heterocycles. The van der Waals surface area contributed by atoms with Crippen LogP contribution in [0.4, 0.5) is 0 Å². The van der Waals surface area contributed by atoms with Gasteiger partial charge in [-0.1, -0.05) is 6.07 Å². The van der Waals surface area contributed by atoms with Gasteiger partial charge in [0.1, 0.15) is 5.65 Å². The van der Waals surface area contributed by atoms with Crippen molar-refractivity contribution < 1.29 is 0 Å². The Morgan fingerprint density at radius 3 is 2.94 bits per heavy atom. The molecule has 0 atom stereocenters. The molecule has 0 saturated carbocycles.